The van der Waals surface area contributed by atoms with Crippen molar-refractivity contribution < 1.29 is 17.5 Å². The Kier molecular flexibility index (Phi) is 5.87. The van der Waals surface area contributed by atoms with Gasteiger partial charge in [-0.1, -0.05) is 36.4 Å². The van der Waals surface area contributed by atoms with E-state index in [-0.39, 0.29) is 11.5 Å². The van der Waals surface area contributed by atoms with Gasteiger partial charge in [0.15, 0.2) is 0 Å². The Morgan fingerprint density at radius 3 is 2.52 bits per heavy atom. The smallest absolute Gasteiger partial charge is 0.241 e. The highest BCUT2D eigenvalue weighted by Gasteiger charge is 2.22. The van der Waals surface area contributed by atoms with Crippen molar-refractivity contribution in [2.45, 2.75) is 24.3 Å². The fourth-order valence-corrected chi connectivity index (χ4v) is 3.86. The van der Waals surface area contributed by atoms with Crippen LogP contribution in [0.1, 0.15) is 11.1 Å². The van der Waals surface area contributed by atoms with Gasteiger partial charge in [0.25, 0.3) is 0 Å². The van der Waals surface area contributed by atoms with Crippen molar-refractivity contribution in [3.05, 3.63) is 65.5 Å². The SMILES string of the molecule is COCC(Cc1ccccc1)NS(=O)(=O)c1cc(F)ccc1C. The Morgan fingerprint density at radius 1 is 1.17 bits per heavy atom. The minimum atomic E-state index is -3.82. The second-order valence-electron chi connectivity index (χ2n) is 5.37. The van der Waals surface area contributed by atoms with Crippen LogP contribution in [0.15, 0.2) is 53.4 Å². The Balaban J connectivity index is 2.22. The van der Waals surface area contributed by atoms with Crippen molar-refractivity contribution in [2.75, 3.05) is 13.7 Å². The van der Waals surface area contributed by atoms with E-state index in [1.165, 1.54) is 19.2 Å². The van der Waals surface area contributed by atoms with Crippen molar-refractivity contribution in [3.8, 4) is 0 Å². The third-order valence-electron chi connectivity index (χ3n) is 3.45. The second-order valence-corrected chi connectivity index (χ2v) is 7.06. The number of rotatable bonds is 7. The predicted octanol–water partition coefficient (Wildman–Crippen LogP) is 2.67. The van der Waals surface area contributed by atoms with Gasteiger partial charge in [-0.2, -0.15) is 0 Å². The first-order valence-electron chi connectivity index (χ1n) is 7.23. The molecule has 1 atom stereocenters. The predicted molar refractivity (Wildman–Crippen MR) is 87.3 cm³/mol. The van der Waals surface area contributed by atoms with Crippen LogP contribution in [-0.2, 0) is 21.2 Å². The molecule has 0 spiro atoms. The van der Waals surface area contributed by atoms with E-state index in [9.17, 15) is 12.8 Å². The molecule has 0 saturated carbocycles. The molecular formula is C17H20FNO3S. The molecule has 2 rings (SSSR count). The summed E-state index contributed by atoms with van der Waals surface area (Å²) < 4.78 is 46.2. The van der Waals surface area contributed by atoms with Gasteiger partial charge >= 0.3 is 0 Å². The largest absolute Gasteiger partial charge is 0.383 e. The molecule has 0 fully saturated rings. The number of methoxy groups -OCH3 is 1. The molecule has 0 aliphatic heterocycles. The average molecular weight is 337 g/mol. The quantitative estimate of drug-likeness (QED) is 0.845. The molecule has 23 heavy (non-hydrogen) atoms. The van der Waals surface area contributed by atoms with Crippen molar-refractivity contribution in [1.82, 2.24) is 4.72 Å². The molecule has 0 heterocycles. The van der Waals surface area contributed by atoms with Crippen LogP contribution in [0.4, 0.5) is 4.39 Å². The number of aryl methyl sites for hydroxylation is 1. The molecule has 1 N–H and O–H groups in total. The van der Waals surface area contributed by atoms with E-state index in [0.29, 0.717) is 12.0 Å². The first-order valence-corrected chi connectivity index (χ1v) is 8.72. The third kappa shape index (κ3) is 4.86. The van der Waals surface area contributed by atoms with Gasteiger partial charge in [-0.05, 0) is 36.6 Å². The number of hydrogen-bond acceptors (Lipinski definition) is 3. The highest BCUT2D eigenvalue weighted by molar-refractivity contribution is 7.89. The molecule has 4 nitrogen and oxygen atoms in total. The van der Waals surface area contributed by atoms with Gasteiger partial charge in [-0.3, -0.25) is 0 Å². The standard InChI is InChI=1S/C17H20FNO3S/c1-13-8-9-15(18)11-17(13)23(20,21)19-16(12-22-2)10-14-6-4-3-5-7-14/h3-9,11,16,19H,10,12H2,1-2H3. The fraction of sp³-hybridized carbons (Fsp3) is 0.294. The number of benzene rings is 2. The number of ether oxygens (including phenoxy) is 1. The van der Waals surface area contributed by atoms with Gasteiger partial charge in [-0.15, -0.1) is 0 Å². The number of hydrogen-bond donors (Lipinski definition) is 1. The highest BCUT2D eigenvalue weighted by atomic mass is 32.2. The molecule has 0 saturated heterocycles. The zero-order chi connectivity index (χ0) is 16.9. The van der Waals surface area contributed by atoms with Gasteiger partial charge in [-0.25, -0.2) is 17.5 Å². The lowest BCUT2D eigenvalue weighted by Crippen LogP contribution is -2.39. The molecule has 2 aromatic carbocycles. The first-order chi connectivity index (χ1) is 10.9. The summed E-state index contributed by atoms with van der Waals surface area (Å²) >= 11 is 0. The number of sulfonamides is 1. The molecule has 0 bridgehead atoms. The Hall–Kier alpha value is -1.76. The Labute approximate surface area is 136 Å². The maximum Gasteiger partial charge on any atom is 0.241 e. The summed E-state index contributed by atoms with van der Waals surface area (Å²) in [4.78, 5) is -0.0494. The molecule has 124 valence electrons. The van der Waals surface area contributed by atoms with Crippen molar-refractivity contribution in [2.24, 2.45) is 0 Å². The maximum atomic E-state index is 13.4. The van der Waals surface area contributed by atoms with Crippen LogP contribution in [-0.4, -0.2) is 28.2 Å². The first kappa shape index (κ1) is 17.6. The van der Waals surface area contributed by atoms with Crippen LogP contribution in [0, 0.1) is 12.7 Å². The van der Waals surface area contributed by atoms with E-state index in [4.69, 9.17) is 4.74 Å². The summed E-state index contributed by atoms with van der Waals surface area (Å²) in [5, 5.41) is 0. The summed E-state index contributed by atoms with van der Waals surface area (Å²) in [6.07, 6.45) is 0.488. The minimum absolute atomic E-state index is 0.0494. The van der Waals surface area contributed by atoms with Crippen molar-refractivity contribution >= 4 is 10.0 Å². The van der Waals surface area contributed by atoms with Crippen LogP contribution < -0.4 is 4.72 Å². The molecule has 0 aromatic heterocycles. The van der Waals surface area contributed by atoms with E-state index in [1.807, 2.05) is 30.3 Å². The number of halogens is 1. The lowest BCUT2D eigenvalue weighted by molar-refractivity contribution is 0.174. The van der Waals surface area contributed by atoms with E-state index in [2.05, 4.69) is 4.72 Å². The van der Waals surface area contributed by atoms with Gasteiger partial charge in [0.05, 0.1) is 11.5 Å². The van der Waals surface area contributed by atoms with Crippen LogP contribution in [0.2, 0.25) is 0 Å². The molecule has 1 unspecified atom stereocenters. The molecule has 0 amide bonds. The van der Waals surface area contributed by atoms with Crippen LogP contribution in [0.25, 0.3) is 0 Å². The van der Waals surface area contributed by atoms with Gasteiger partial charge < -0.3 is 4.74 Å². The Bertz CT molecular complexity index is 748. The fourth-order valence-electron chi connectivity index (χ4n) is 2.38. The summed E-state index contributed by atoms with van der Waals surface area (Å²) in [6, 6.07) is 12.8. The van der Waals surface area contributed by atoms with E-state index in [0.717, 1.165) is 11.6 Å². The lowest BCUT2D eigenvalue weighted by atomic mass is 10.1. The van der Waals surface area contributed by atoms with E-state index >= 15 is 0 Å². The summed E-state index contributed by atoms with van der Waals surface area (Å²) in [5.74, 6) is -0.581. The van der Waals surface area contributed by atoms with Crippen LogP contribution in [0.3, 0.4) is 0 Å². The second kappa shape index (κ2) is 7.68. The zero-order valence-corrected chi connectivity index (χ0v) is 13.9. The monoisotopic (exact) mass is 337 g/mol. The Morgan fingerprint density at radius 2 is 1.87 bits per heavy atom. The normalized spacial score (nSPS) is 13.0. The van der Waals surface area contributed by atoms with Crippen LogP contribution in [0.5, 0.6) is 0 Å². The summed E-state index contributed by atoms with van der Waals surface area (Å²) in [7, 11) is -2.31. The highest BCUT2D eigenvalue weighted by Crippen LogP contribution is 2.17. The molecule has 0 aliphatic carbocycles. The van der Waals surface area contributed by atoms with Crippen molar-refractivity contribution in [1.29, 1.82) is 0 Å². The van der Waals surface area contributed by atoms with Crippen molar-refractivity contribution in [3.63, 3.8) is 0 Å². The lowest BCUT2D eigenvalue weighted by Gasteiger charge is -2.19. The van der Waals surface area contributed by atoms with Gasteiger partial charge in [0.1, 0.15) is 5.82 Å². The van der Waals surface area contributed by atoms with Gasteiger partial charge in [0.2, 0.25) is 10.0 Å². The third-order valence-corrected chi connectivity index (χ3v) is 5.12. The average Bonchev–Trinajstić information content (AvgIpc) is 2.50. The van der Waals surface area contributed by atoms with Crippen LogP contribution >= 0.6 is 0 Å². The molecule has 0 aliphatic rings. The zero-order valence-electron chi connectivity index (χ0n) is 13.1. The number of nitrogens with one attached hydrogen (secondary N) is 1. The maximum absolute atomic E-state index is 13.4. The molecule has 0 radical (unpaired) electrons. The van der Waals surface area contributed by atoms with E-state index in [1.54, 1.807) is 6.92 Å². The summed E-state index contributed by atoms with van der Waals surface area (Å²) in [5.41, 5.74) is 1.49. The minimum Gasteiger partial charge on any atom is -0.383 e. The van der Waals surface area contributed by atoms with E-state index < -0.39 is 21.9 Å². The molecule has 6 heteroatoms. The molecule has 2 aromatic rings. The molecular weight excluding hydrogens is 317 g/mol. The van der Waals surface area contributed by atoms with Gasteiger partial charge in [0, 0.05) is 13.2 Å². The topological polar surface area (TPSA) is 55.4 Å². The summed E-state index contributed by atoms with van der Waals surface area (Å²) in [6.45, 7) is 1.86.